The Morgan fingerprint density at radius 1 is 1.22 bits per heavy atom. The van der Waals surface area contributed by atoms with Crippen LogP contribution < -0.4 is 10.1 Å². The van der Waals surface area contributed by atoms with Crippen LogP contribution in [0.15, 0.2) is 24.3 Å². The molecule has 2 aliphatic carbocycles. The van der Waals surface area contributed by atoms with Crippen molar-refractivity contribution in [2.24, 2.45) is 17.8 Å². The molecule has 0 aromatic heterocycles. The summed E-state index contributed by atoms with van der Waals surface area (Å²) in [4.78, 5) is 12.2. The number of anilines is 1. The molecule has 0 spiro atoms. The number of rotatable bonds is 3. The first-order valence-electron chi connectivity index (χ1n) is 6.71. The van der Waals surface area contributed by atoms with Crippen molar-refractivity contribution in [3.05, 3.63) is 24.3 Å². The molecule has 3 rings (SSSR count). The van der Waals surface area contributed by atoms with Crippen molar-refractivity contribution in [3.8, 4) is 5.75 Å². The third kappa shape index (κ3) is 2.09. The van der Waals surface area contributed by atoms with Crippen LogP contribution in [0.4, 0.5) is 5.69 Å². The van der Waals surface area contributed by atoms with E-state index in [-0.39, 0.29) is 11.8 Å². The first-order valence-corrected chi connectivity index (χ1v) is 6.71. The monoisotopic (exact) mass is 245 g/mol. The summed E-state index contributed by atoms with van der Waals surface area (Å²) >= 11 is 0. The summed E-state index contributed by atoms with van der Waals surface area (Å²) in [5.74, 6) is 2.70. The molecule has 0 unspecified atom stereocenters. The molecule has 3 atom stereocenters. The van der Waals surface area contributed by atoms with E-state index in [0.29, 0.717) is 5.92 Å². The lowest BCUT2D eigenvalue weighted by molar-refractivity contribution is -0.121. The lowest BCUT2D eigenvalue weighted by Gasteiger charge is -2.20. The third-order valence-corrected chi connectivity index (χ3v) is 4.43. The maximum absolute atomic E-state index is 12.2. The van der Waals surface area contributed by atoms with E-state index < -0.39 is 0 Å². The van der Waals surface area contributed by atoms with Gasteiger partial charge in [0.15, 0.2) is 0 Å². The number of amides is 1. The number of carbonyl (C=O) groups excluding carboxylic acids is 1. The van der Waals surface area contributed by atoms with Gasteiger partial charge in [-0.05, 0) is 55.4 Å². The van der Waals surface area contributed by atoms with Gasteiger partial charge in [0.1, 0.15) is 5.75 Å². The van der Waals surface area contributed by atoms with E-state index in [2.05, 4.69) is 5.32 Å². The van der Waals surface area contributed by atoms with Crippen LogP contribution in [-0.2, 0) is 4.79 Å². The minimum absolute atomic E-state index is 0.201. The normalized spacial score (nSPS) is 29.3. The number of nitrogens with one attached hydrogen (secondary N) is 1. The van der Waals surface area contributed by atoms with Crippen LogP contribution in [0.1, 0.15) is 25.7 Å². The Labute approximate surface area is 108 Å². The van der Waals surface area contributed by atoms with Gasteiger partial charge in [-0.2, -0.15) is 0 Å². The first kappa shape index (κ1) is 11.6. The first-order chi connectivity index (χ1) is 8.76. The molecule has 2 bridgehead atoms. The van der Waals surface area contributed by atoms with E-state index in [1.165, 1.54) is 19.3 Å². The maximum Gasteiger partial charge on any atom is 0.227 e. The van der Waals surface area contributed by atoms with Gasteiger partial charge in [0.2, 0.25) is 5.91 Å². The highest BCUT2D eigenvalue weighted by Gasteiger charge is 2.42. The molecule has 3 heteroatoms. The van der Waals surface area contributed by atoms with Crippen molar-refractivity contribution in [2.45, 2.75) is 25.7 Å². The molecular formula is C15H19NO2. The van der Waals surface area contributed by atoms with Gasteiger partial charge in [-0.1, -0.05) is 6.42 Å². The maximum atomic E-state index is 12.2. The molecule has 0 heterocycles. The molecule has 2 aliphatic rings. The van der Waals surface area contributed by atoms with Gasteiger partial charge in [0, 0.05) is 11.6 Å². The number of ether oxygens (including phenoxy) is 1. The second-order valence-corrected chi connectivity index (χ2v) is 5.50. The number of hydrogen-bond donors (Lipinski definition) is 1. The van der Waals surface area contributed by atoms with E-state index in [0.717, 1.165) is 23.8 Å². The van der Waals surface area contributed by atoms with Crippen LogP contribution in [0.25, 0.3) is 0 Å². The Hall–Kier alpha value is -1.51. The van der Waals surface area contributed by atoms with E-state index >= 15 is 0 Å². The molecule has 0 aliphatic heterocycles. The highest BCUT2D eigenvalue weighted by atomic mass is 16.5. The zero-order valence-corrected chi connectivity index (χ0v) is 10.7. The Morgan fingerprint density at radius 3 is 2.56 bits per heavy atom. The average Bonchev–Trinajstić information content (AvgIpc) is 3.02. The number of fused-ring (bicyclic) bond motifs is 2. The van der Waals surface area contributed by atoms with Gasteiger partial charge in [-0.15, -0.1) is 0 Å². The summed E-state index contributed by atoms with van der Waals surface area (Å²) in [5, 5.41) is 3.03. The van der Waals surface area contributed by atoms with Crippen molar-refractivity contribution in [1.29, 1.82) is 0 Å². The van der Waals surface area contributed by atoms with Gasteiger partial charge in [0.05, 0.1) is 7.11 Å². The van der Waals surface area contributed by atoms with Crippen LogP contribution in [0.3, 0.4) is 0 Å². The highest BCUT2D eigenvalue weighted by molar-refractivity contribution is 5.93. The van der Waals surface area contributed by atoms with Crippen LogP contribution in [0.2, 0.25) is 0 Å². The van der Waals surface area contributed by atoms with Crippen molar-refractivity contribution >= 4 is 11.6 Å². The topological polar surface area (TPSA) is 38.3 Å². The summed E-state index contributed by atoms with van der Waals surface area (Å²) in [5.41, 5.74) is 0.864. The minimum atomic E-state index is 0.201. The van der Waals surface area contributed by atoms with Crippen molar-refractivity contribution in [3.63, 3.8) is 0 Å². The highest BCUT2D eigenvalue weighted by Crippen LogP contribution is 2.48. The molecule has 2 fully saturated rings. The van der Waals surface area contributed by atoms with Crippen LogP contribution in [0.5, 0.6) is 5.75 Å². The van der Waals surface area contributed by atoms with Crippen LogP contribution in [-0.4, -0.2) is 13.0 Å². The number of hydrogen-bond acceptors (Lipinski definition) is 2. The lowest BCUT2D eigenvalue weighted by atomic mass is 9.88. The van der Waals surface area contributed by atoms with E-state index in [9.17, 15) is 4.79 Å². The van der Waals surface area contributed by atoms with E-state index in [1.807, 2.05) is 24.3 Å². The summed E-state index contributed by atoms with van der Waals surface area (Å²) in [6.45, 7) is 0. The molecule has 1 aromatic rings. The predicted molar refractivity (Wildman–Crippen MR) is 70.6 cm³/mol. The molecule has 18 heavy (non-hydrogen) atoms. The van der Waals surface area contributed by atoms with E-state index in [4.69, 9.17) is 4.74 Å². The second-order valence-electron chi connectivity index (χ2n) is 5.50. The van der Waals surface area contributed by atoms with Gasteiger partial charge in [-0.3, -0.25) is 4.79 Å². The summed E-state index contributed by atoms with van der Waals surface area (Å²) in [7, 11) is 1.64. The summed E-state index contributed by atoms with van der Waals surface area (Å²) in [6.07, 6.45) is 4.93. The molecule has 3 nitrogen and oxygen atoms in total. The number of carbonyl (C=O) groups is 1. The second kappa shape index (κ2) is 4.63. The SMILES string of the molecule is COc1ccc(NC(=O)[C@H]2C[C@H]3CC[C@H]2C3)cc1. The van der Waals surface area contributed by atoms with Gasteiger partial charge >= 0.3 is 0 Å². The van der Waals surface area contributed by atoms with Crippen LogP contribution >= 0.6 is 0 Å². The fraction of sp³-hybridized carbons (Fsp3) is 0.533. The van der Waals surface area contributed by atoms with Gasteiger partial charge < -0.3 is 10.1 Å². The lowest BCUT2D eigenvalue weighted by Crippen LogP contribution is -2.27. The molecule has 96 valence electrons. The Bertz CT molecular complexity index is 440. The van der Waals surface area contributed by atoms with Crippen molar-refractivity contribution < 1.29 is 9.53 Å². The van der Waals surface area contributed by atoms with E-state index in [1.54, 1.807) is 7.11 Å². The predicted octanol–water partition coefficient (Wildman–Crippen LogP) is 3.07. The molecule has 0 radical (unpaired) electrons. The Kier molecular flexibility index (Phi) is 2.98. The van der Waals surface area contributed by atoms with Gasteiger partial charge in [-0.25, -0.2) is 0 Å². The number of methoxy groups -OCH3 is 1. The fourth-order valence-corrected chi connectivity index (χ4v) is 3.48. The summed E-state index contributed by atoms with van der Waals surface area (Å²) in [6, 6.07) is 7.53. The molecular weight excluding hydrogens is 226 g/mol. The van der Waals surface area contributed by atoms with Gasteiger partial charge in [0.25, 0.3) is 0 Å². The molecule has 0 saturated heterocycles. The smallest absolute Gasteiger partial charge is 0.227 e. The largest absolute Gasteiger partial charge is 0.497 e. The molecule has 2 saturated carbocycles. The van der Waals surface area contributed by atoms with Crippen molar-refractivity contribution in [1.82, 2.24) is 0 Å². The molecule has 1 N–H and O–H groups in total. The molecule has 1 amide bonds. The summed E-state index contributed by atoms with van der Waals surface area (Å²) < 4.78 is 5.10. The average molecular weight is 245 g/mol. The Balaban J connectivity index is 1.63. The molecule has 1 aromatic carbocycles. The number of benzene rings is 1. The quantitative estimate of drug-likeness (QED) is 0.888. The van der Waals surface area contributed by atoms with Crippen molar-refractivity contribution in [2.75, 3.05) is 12.4 Å². The zero-order valence-electron chi connectivity index (χ0n) is 10.7. The fourth-order valence-electron chi connectivity index (χ4n) is 3.48. The Morgan fingerprint density at radius 2 is 2.00 bits per heavy atom. The van der Waals surface area contributed by atoms with Crippen LogP contribution in [0, 0.1) is 17.8 Å². The minimum Gasteiger partial charge on any atom is -0.497 e. The third-order valence-electron chi connectivity index (χ3n) is 4.43. The standard InChI is InChI=1S/C15H19NO2/c1-18-13-6-4-12(5-7-13)16-15(17)14-9-10-2-3-11(14)8-10/h4-7,10-11,14H,2-3,8-9H2,1H3,(H,16,17)/t10-,11-,14-/m0/s1. The zero-order chi connectivity index (χ0) is 12.5.